The van der Waals surface area contributed by atoms with Crippen molar-refractivity contribution in [2.75, 3.05) is 12.4 Å². The molecule has 3 aromatic carbocycles. The number of fused-ring (bicyclic) bond motifs is 1. The van der Waals surface area contributed by atoms with Gasteiger partial charge in [0.15, 0.2) is 0 Å². The topological polar surface area (TPSA) is 97.2 Å². The molecule has 0 aliphatic heterocycles. The van der Waals surface area contributed by atoms with Gasteiger partial charge in [-0.1, -0.05) is 12.1 Å². The molecule has 4 rings (SSSR count). The average Bonchev–Trinajstić information content (AvgIpc) is 3.15. The van der Waals surface area contributed by atoms with Gasteiger partial charge in [0.25, 0.3) is 5.91 Å². The molecule has 0 saturated heterocycles. The number of carbonyl (C=O) groups excluding carboxylic acids is 2. The van der Waals surface area contributed by atoms with Crippen molar-refractivity contribution in [3.8, 4) is 17.0 Å². The number of aromatic amines is 1. The Bertz CT molecular complexity index is 1300. The van der Waals surface area contributed by atoms with E-state index >= 15 is 0 Å². The predicted molar refractivity (Wildman–Crippen MR) is 122 cm³/mol. The number of methoxy groups -OCH3 is 1. The number of hydrogen-bond acceptors (Lipinski definition) is 3. The number of hydrogen-bond donors (Lipinski definition) is 3. The first-order valence-corrected chi connectivity index (χ1v) is 10.1. The molecule has 0 aliphatic rings. The second-order valence-electron chi connectivity index (χ2n) is 7.35. The van der Waals surface area contributed by atoms with Crippen molar-refractivity contribution in [1.82, 2.24) is 4.98 Å². The smallest absolute Gasteiger partial charge is 0.250 e. The van der Waals surface area contributed by atoms with Crippen LogP contribution in [0.15, 0.2) is 66.7 Å². The quantitative estimate of drug-likeness (QED) is 0.397. The van der Waals surface area contributed by atoms with Gasteiger partial charge in [-0.25, -0.2) is 4.39 Å². The van der Waals surface area contributed by atoms with Crippen LogP contribution in [0.4, 0.5) is 10.1 Å². The third kappa shape index (κ3) is 4.32. The van der Waals surface area contributed by atoms with Crippen LogP contribution >= 0.6 is 0 Å². The number of nitrogens with two attached hydrogens (primary N) is 1. The molecule has 162 valence electrons. The Morgan fingerprint density at radius 2 is 1.81 bits per heavy atom. The molecule has 2 amide bonds. The highest BCUT2D eigenvalue weighted by molar-refractivity contribution is 6.03. The fourth-order valence-corrected chi connectivity index (χ4v) is 3.74. The molecule has 7 heteroatoms. The maximum absolute atomic E-state index is 14.0. The number of anilines is 1. The van der Waals surface area contributed by atoms with Crippen LogP contribution in [-0.2, 0) is 11.2 Å². The van der Waals surface area contributed by atoms with E-state index in [4.69, 9.17) is 10.5 Å². The number of primary amides is 1. The van der Waals surface area contributed by atoms with E-state index < -0.39 is 5.91 Å². The highest BCUT2D eigenvalue weighted by Crippen LogP contribution is 2.33. The molecule has 4 aromatic rings. The van der Waals surface area contributed by atoms with Crippen LogP contribution in [0.3, 0.4) is 0 Å². The number of aryl methyl sites for hydroxylation is 1. The van der Waals surface area contributed by atoms with Crippen LogP contribution in [0.1, 0.15) is 22.3 Å². The molecule has 0 atom stereocenters. The summed E-state index contributed by atoms with van der Waals surface area (Å²) in [5.74, 6) is -0.510. The summed E-state index contributed by atoms with van der Waals surface area (Å²) in [6.45, 7) is 0. The van der Waals surface area contributed by atoms with Crippen molar-refractivity contribution in [2.45, 2.75) is 12.8 Å². The maximum Gasteiger partial charge on any atom is 0.250 e. The van der Waals surface area contributed by atoms with Gasteiger partial charge in [0.1, 0.15) is 11.6 Å². The average molecular weight is 431 g/mol. The monoisotopic (exact) mass is 431 g/mol. The summed E-state index contributed by atoms with van der Waals surface area (Å²) in [6.07, 6.45) is 0.509. The van der Waals surface area contributed by atoms with Crippen molar-refractivity contribution in [1.29, 1.82) is 0 Å². The summed E-state index contributed by atoms with van der Waals surface area (Å²) in [5, 5.41) is 3.47. The number of aromatic nitrogens is 1. The van der Waals surface area contributed by atoms with Gasteiger partial charge in [0, 0.05) is 23.0 Å². The lowest BCUT2D eigenvalue weighted by Gasteiger charge is -2.10. The Balaban J connectivity index is 1.62. The molecule has 0 bridgehead atoms. The molecule has 32 heavy (non-hydrogen) atoms. The number of benzene rings is 3. The molecule has 6 nitrogen and oxygen atoms in total. The second kappa shape index (κ2) is 8.93. The minimum absolute atomic E-state index is 0.139. The largest absolute Gasteiger partial charge is 0.497 e. The van der Waals surface area contributed by atoms with Gasteiger partial charge in [-0.15, -0.1) is 0 Å². The molecule has 0 spiro atoms. The third-order valence-electron chi connectivity index (χ3n) is 5.32. The number of amides is 2. The number of nitrogens with one attached hydrogen (secondary N) is 2. The van der Waals surface area contributed by atoms with E-state index in [0.717, 1.165) is 33.5 Å². The van der Waals surface area contributed by atoms with E-state index in [2.05, 4.69) is 10.3 Å². The lowest BCUT2D eigenvalue weighted by atomic mass is 10.0. The van der Waals surface area contributed by atoms with Crippen LogP contribution in [0.25, 0.3) is 22.2 Å². The zero-order chi connectivity index (χ0) is 22.7. The molecule has 0 unspecified atom stereocenters. The van der Waals surface area contributed by atoms with Gasteiger partial charge >= 0.3 is 0 Å². The summed E-state index contributed by atoms with van der Waals surface area (Å²) < 4.78 is 19.2. The molecule has 0 fully saturated rings. The molecule has 0 saturated carbocycles. The van der Waals surface area contributed by atoms with Gasteiger partial charge in [0.2, 0.25) is 5.91 Å². The molecular weight excluding hydrogens is 409 g/mol. The van der Waals surface area contributed by atoms with Crippen molar-refractivity contribution >= 4 is 28.4 Å². The van der Waals surface area contributed by atoms with E-state index in [1.54, 1.807) is 37.4 Å². The Labute approximate surface area is 184 Å². The van der Waals surface area contributed by atoms with E-state index in [-0.39, 0.29) is 23.7 Å². The van der Waals surface area contributed by atoms with E-state index in [1.165, 1.54) is 12.1 Å². The number of para-hydroxylation sites is 1. The van der Waals surface area contributed by atoms with Gasteiger partial charge in [-0.2, -0.15) is 0 Å². The van der Waals surface area contributed by atoms with Crippen LogP contribution in [0.2, 0.25) is 0 Å². The summed E-state index contributed by atoms with van der Waals surface area (Å²) in [7, 11) is 1.60. The van der Waals surface area contributed by atoms with Crippen molar-refractivity contribution in [3.05, 3.63) is 83.7 Å². The zero-order valence-corrected chi connectivity index (χ0v) is 17.4. The van der Waals surface area contributed by atoms with E-state index in [1.807, 2.05) is 24.3 Å². The molecule has 0 aliphatic carbocycles. The van der Waals surface area contributed by atoms with Crippen LogP contribution < -0.4 is 15.8 Å². The lowest BCUT2D eigenvalue weighted by Crippen LogP contribution is -2.18. The first-order chi connectivity index (χ1) is 15.5. The zero-order valence-electron chi connectivity index (χ0n) is 17.4. The SMILES string of the molecule is COc1ccc(-c2[nH]c3ccc(F)cc3c2CCC(=O)Nc2ccccc2C(N)=O)cc1. The Morgan fingerprint density at radius 3 is 2.53 bits per heavy atom. The van der Waals surface area contributed by atoms with Gasteiger partial charge in [-0.3, -0.25) is 9.59 Å². The number of carbonyl (C=O) groups is 2. The molecule has 0 radical (unpaired) electrons. The highest BCUT2D eigenvalue weighted by atomic mass is 19.1. The summed E-state index contributed by atoms with van der Waals surface area (Å²) >= 11 is 0. The van der Waals surface area contributed by atoms with Crippen LogP contribution in [0, 0.1) is 5.82 Å². The van der Waals surface area contributed by atoms with Gasteiger partial charge in [-0.05, 0) is 72.1 Å². The second-order valence-corrected chi connectivity index (χ2v) is 7.35. The van der Waals surface area contributed by atoms with E-state index in [9.17, 15) is 14.0 Å². The van der Waals surface area contributed by atoms with Crippen molar-refractivity contribution in [3.63, 3.8) is 0 Å². The number of ether oxygens (including phenoxy) is 1. The van der Waals surface area contributed by atoms with Gasteiger partial charge in [0.05, 0.1) is 18.4 Å². The Hall–Kier alpha value is -4.13. The fraction of sp³-hybridized carbons (Fsp3) is 0.120. The number of halogens is 1. The Kier molecular flexibility index (Phi) is 5.89. The standard InChI is InChI=1S/C25H22FN3O3/c1-32-17-9-6-15(7-10-17)24-18(20-14-16(26)8-12-22(20)29-24)11-13-23(30)28-21-5-3-2-4-19(21)25(27)31/h2-10,12,14,29H,11,13H2,1H3,(H2,27,31)(H,28,30). The molecule has 1 aromatic heterocycles. The summed E-state index contributed by atoms with van der Waals surface area (Å²) in [4.78, 5) is 27.6. The Morgan fingerprint density at radius 1 is 1.06 bits per heavy atom. The van der Waals surface area contributed by atoms with Crippen LogP contribution in [-0.4, -0.2) is 23.9 Å². The highest BCUT2D eigenvalue weighted by Gasteiger charge is 2.16. The molecule has 4 N–H and O–H groups in total. The number of rotatable bonds is 7. The summed E-state index contributed by atoms with van der Waals surface area (Å²) in [6, 6.07) is 18.6. The van der Waals surface area contributed by atoms with Crippen molar-refractivity contribution in [2.24, 2.45) is 5.73 Å². The fourth-order valence-electron chi connectivity index (χ4n) is 3.74. The van der Waals surface area contributed by atoms with Crippen LogP contribution in [0.5, 0.6) is 5.75 Å². The molecular formula is C25H22FN3O3. The maximum atomic E-state index is 14.0. The first kappa shape index (κ1) is 21.1. The first-order valence-electron chi connectivity index (χ1n) is 10.1. The van der Waals surface area contributed by atoms with E-state index in [0.29, 0.717) is 12.1 Å². The van der Waals surface area contributed by atoms with Gasteiger partial charge < -0.3 is 20.8 Å². The normalized spacial score (nSPS) is 10.8. The minimum atomic E-state index is -0.616. The lowest BCUT2D eigenvalue weighted by molar-refractivity contribution is -0.116. The summed E-state index contributed by atoms with van der Waals surface area (Å²) in [5.41, 5.74) is 9.33. The van der Waals surface area contributed by atoms with Crippen molar-refractivity contribution < 1.29 is 18.7 Å². The number of H-pyrrole nitrogens is 1. The minimum Gasteiger partial charge on any atom is -0.497 e. The predicted octanol–water partition coefficient (Wildman–Crippen LogP) is 4.65. The third-order valence-corrected chi connectivity index (χ3v) is 5.32. The molecule has 1 heterocycles.